The largest absolute Gasteiger partial charge is 0.462 e. The molecule has 4 nitrogen and oxygen atoms in total. The zero-order chi connectivity index (χ0) is 19.3. The van der Waals surface area contributed by atoms with Crippen LogP contribution in [0.15, 0.2) is 42.0 Å². The molecule has 0 heterocycles. The molecule has 0 atom stereocenters. The van der Waals surface area contributed by atoms with E-state index in [0.29, 0.717) is 11.1 Å². The maximum atomic E-state index is 12.6. The number of rotatable bonds is 5. The third kappa shape index (κ3) is 4.64. The monoisotopic (exact) mass is 407 g/mol. The molecule has 0 N–H and O–H groups in total. The first kappa shape index (κ1) is 20.0. The minimum atomic E-state index is -0.697. The number of halogens is 3. The lowest BCUT2D eigenvalue weighted by Gasteiger charge is -2.06. The van der Waals surface area contributed by atoms with Gasteiger partial charge in [0, 0.05) is 11.1 Å². The highest BCUT2D eigenvalue weighted by Crippen LogP contribution is 2.30. The molecule has 0 aromatic heterocycles. The number of carbonyl (C=O) groups excluding carboxylic acids is 2. The van der Waals surface area contributed by atoms with Gasteiger partial charge in [0.25, 0.3) is 0 Å². The van der Waals surface area contributed by atoms with Crippen molar-refractivity contribution >= 4 is 52.6 Å². The van der Waals surface area contributed by atoms with Crippen molar-refractivity contribution < 1.29 is 14.3 Å². The Bertz CT molecular complexity index is 928. The van der Waals surface area contributed by atoms with Gasteiger partial charge in [-0.2, -0.15) is 5.26 Å². The summed E-state index contributed by atoms with van der Waals surface area (Å²) in [6.45, 7) is 1.83. The summed E-state index contributed by atoms with van der Waals surface area (Å²) in [5.74, 6) is -1.02. The molecule has 0 fully saturated rings. The van der Waals surface area contributed by atoms with Crippen LogP contribution in [0.3, 0.4) is 0 Å². The summed E-state index contributed by atoms with van der Waals surface area (Å²) >= 11 is 17.9. The molecule has 0 saturated carbocycles. The van der Waals surface area contributed by atoms with Crippen LogP contribution in [0.1, 0.15) is 28.4 Å². The SMILES string of the molecule is CCOC(=O)C(C#N)=Cc1ccc(C(=O)c2cc(Cl)c(Cl)cc2Cl)cc1. The second kappa shape index (κ2) is 8.86. The van der Waals surface area contributed by atoms with E-state index in [1.165, 1.54) is 18.2 Å². The van der Waals surface area contributed by atoms with Gasteiger partial charge in [0.1, 0.15) is 11.6 Å². The molecule has 2 aromatic rings. The van der Waals surface area contributed by atoms with Crippen LogP contribution in [0.25, 0.3) is 6.08 Å². The molecule has 2 rings (SSSR count). The van der Waals surface area contributed by atoms with Gasteiger partial charge >= 0.3 is 5.97 Å². The van der Waals surface area contributed by atoms with Gasteiger partial charge < -0.3 is 4.74 Å². The van der Waals surface area contributed by atoms with Gasteiger partial charge in [-0.15, -0.1) is 0 Å². The number of ether oxygens (including phenoxy) is 1. The molecule has 132 valence electrons. The van der Waals surface area contributed by atoms with Gasteiger partial charge in [-0.1, -0.05) is 59.1 Å². The fourth-order valence-electron chi connectivity index (χ4n) is 2.10. The van der Waals surface area contributed by atoms with Crippen molar-refractivity contribution in [1.29, 1.82) is 5.26 Å². The third-order valence-corrected chi connectivity index (χ3v) is 4.39. The van der Waals surface area contributed by atoms with E-state index in [-0.39, 0.29) is 38.6 Å². The summed E-state index contributed by atoms with van der Waals surface area (Å²) in [4.78, 5) is 24.2. The number of nitrogens with zero attached hydrogens (tertiary/aromatic N) is 1. The predicted octanol–water partition coefficient (Wildman–Crippen LogP) is 5.35. The van der Waals surface area contributed by atoms with E-state index in [4.69, 9.17) is 44.8 Å². The lowest BCUT2D eigenvalue weighted by molar-refractivity contribution is -0.137. The lowest BCUT2D eigenvalue weighted by atomic mass is 10.0. The van der Waals surface area contributed by atoms with Crippen molar-refractivity contribution in [3.8, 4) is 6.07 Å². The van der Waals surface area contributed by atoms with E-state index in [0.717, 1.165) is 0 Å². The van der Waals surface area contributed by atoms with E-state index < -0.39 is 5.97 Å². The van der Waals surface area contributed by atoms with Crippen LogP contribution < -0.4 is 0 Å². The summed E-state index contributed by atoms with van der Waals surface area (Å²) in [5.41, 5.74) is 1.05. The molecular formula is C19H12Cl3NO3. The number of hydrogen-bond acceptors (Lipinski definition) is 4. The third-order valence-electron chi connectivity index (χ3n) is 3.35. The second-order valence-corrected chi connectivity index (χ2v) is 6.31. The molecule has 0 unspecified atom stereocenters. The van der Waals surface area contributed by atoms with Crippen molar-refractivity contribution in [2.24, 2.45) is 0 Å². The van der Waals surface area contributed by atoms with E-state index in [1.807, 2.05) is 0 Å². The Morgan fingerprint density at radius 2 is 1.69 bits per heavy atom. The Labute approximate surface area is 165 Å². The molecule has 0 radical (unpaired) electrons. The van der Waals surface area contributed by atoms with Crippen LogP contribution in [-0.2, 0) is 9.53 Å². The standard InChI is InChI=1S/C19H12Cl3NO3/c1-2-26-19(25)13(10-23)7-11-3-5-12(6-4-11)18(24)14-8-16(21)17(22)9-15(14)20/h3-9H,2H2,1H3. The fraction of sp³-hybridized carbons (Fsp3) is 0.105. The zero-order valence-corrected chi connectivity index (χ0v) is 15.8. The van der Waals surface area contributed by atoms with Gasteiger partial charge in [-0.05, 0) is 30.7 Å². The number of nitriles is 1. The first-order chi connectivity index (χ1) is 12.4. The first-order valence-corrected chi connectivity index (χ1v) is 8.59. The summed E-state index contributed by atoms with van der Waals surface area (Å²) in [6, 6.07) is 11.0. The number of hydrogen-bond donors (Lipinski definition) is 0. The number of ketones is 1. The van der Waals surface area contributed by atoms with Crippen molar-refractivity contribution in [3.05, 3.63) is 73.7 Å². The van der Waals surface area contributed by atoms with Crippen LogP contribution in [0.2, 0.25) is 15.1 Å². The predicted molar refractivity (Wildman–Crippen MR) is 102 cm³/mol. The van der Waals surface area contributed by atoms with E-state index in [2.05, 4.69) is 0 Å². The summed E-state index contributed by atoms with van der Waals surface area (Å²) in [5, 5.41) is 9.73. The Balaban J connectivity index is 2.30. The van der Waals surface area contributed by atoms with Crippen molar-refractivity contribution in [2.45, 2.75) is 6.92 Å². The van der Waals surface area contributed by atoms with Gasteiger partial charge in [0.2, 0.25) is 0 Å². The second-order valence-electron chi connectivity index (χ2n) is 5.09. The smallest absolute Gasteiger partial charge is 0.348 e. The Morgan fingerprint density at radius 3 is 2.27 bits per heavy atom. The maximum Gasteiger partial charge on any atom is 0.348 e. The average molecular weight is 409 g/mol. The highest BCUT2D eigenvalue weighted by Gasteiger charge is 2.16. The normalized spacial score (nSPS) is 11.0. The number of esters is 1. The molecule has 0 aliphatic rings. The van der Waals surface area contributed by atoms with Gasteiger partial charge in [0.05, 0.1) is 21.7 Å². The summed E-state index contributed by atoms with van der Waals surface area (Å²) < 4.78 is 4.80. The van der Waals surface area contributed by atoms with Crippen LogP contribution in [0.5, 0.6) is 0 Å². The van der Waals surface area contributed by atoms with Crippen LogP contribution in [0, 0.1) is 11.3 Å². The van der Waals surface area contributed by atoms with E-state index in [1.54, 1.807) is 37.3 Å². The molecule has 0 aliphatic heterocycles. The number of benzene rings is 2. The highest BCUT2D eigenvalue weighted by atomic mass is 35.5. The Hall–Kier alpha value is -2.32. The average Bonchev–Trinajstić information content (AvgIpc) is 2.62. The molecule has 0 bridgehead atoms. The summed E-state index contributed by atoms with van der Waals surface area (Å²) in [6.07, 6.45) is 1.39. The van der Waals surface area contributed by atoms with E-state index >= 15 is 0 Å². The zero-order valence-electron chi connectivity index (χ0n) is 13.6. The van der Waals surface area contributed by atoms with Crippen LogP contribution in [0.4, 0.5) is 0 Å². The molecule has 0 saturated heterocycles. The van der Waals surface area contributed by atoms with Crippen molar-refractivity contribution in [2.75, 3.05) is 6.61 Å². The quantitative estimate of drug-likeness (QED) is 0.220. The minimum Gasteiger partial charge on any atom is -0.462 e. The molecule has 7 heteroatoms. The lowest BCUT2D eigenvalue weighted by Crippen LogP contribution is -2.06. The van der Waals surface area contributed by atoms with Gasteiger partial charge in [-0.25, -0.2) is 4.79 Å². The van der Waals surface area contributed by atoms with E-state index in [9.17, 15) is 9.59 Å². The van der Waals surface area contributed by atoms with Gasteiger partial charge in [0.15, 0.2) is 5.78 Å². The molecule has 0 spiro atoms. The highest BCUT2D eigenvalue weighted by molar-refractivity contribution is 6.44. The topological polar surface area (TPSA) is 67.2 Å². The van der Waals surface area contributed by atoms with Crippen LogP contribution in [-0.4, -0.2) is 18.4 Å². The Kier molecular flexibility index (Phi) is 6.82. The van der Waals surface area contributed by atoms with Gasteiger partial charge in [-0.3, -0.25) is 4.79 Å². The molecular weight excluding hydrogens is 397 g/mol. The fourth-order valence-corrected chi connectivity index (χ4v) is 2.73. The molecule has 2 aromatic carbocycles. The number of carbonyl (C=O) groups is 2. The maximum absolute atomic E-state index is 12.6. The van der Waals surface area contributed by atoms with Crippen molar-refractivity contribution in [1.82, 2.24) is 0 Å². The molecule has 26 heavy (non-hydrogen) atoms. The summed E-state index contributed by atoms with van der Waals surface area (Å²) in [7, 11) is 0. The molecule has 0 aliphatic carbocycles. The van der Waals surface area contributed by atoms with Crippen molar-refractivity contribution in [3.63, 3.8) is 0 Å². The molecule has 0 amide bonds. The first-order valence-electron chi connectivity index (χ1n) is 7.45. The van der Waals surface area contributed by atoms with Crippen LogP contribution >= 0.6 is 34.8 Å². The Morgan fingerprint density at radius 1 is 1.08 bits per heavy atom. The minimum absolute atomic E-state index is 0.126.